The monoisotopic (exact) mass is 827 g/mol. The molecule has 1 aliphatic carbocycles. The van der Waals surface area contributed by atoms with Gasteiger partial charge in [0.25, 0.3) is 0 Å². The van der Waals surface area contributed by atoms with Crippen LogP contribution in [0.25, 0.3) is 66.1 Å². The normalized spacial score (nSPS) is 12.9. The summed E-state index contributed by atoms with van der Waals surface area (Å²) in [6, 6.07) is 90.6. The molecule has 1 spiro atoms. The van der Waals surface area contributed by atoms with E-state index in [-0.39, 0.29) is 0 Å². The highest BCUT2D eigenvalue weighted by Gasteiger charge is 2.52. The Balaban J connectivity index is 0.997. The SMILES string of the molecule is c1ccc(-c2ccc(N(c3ccc(-c4ccccc4)cc3)c3cccc(-c4ccc5c(c4)C4(c6ccccc6-5)c5ccc6ccccc6c5Oc5c4ccc4ccccc54)c3)cc2)cc1. The maximum absolute atomic E-state index is 7.22. The molecule has 1 aliphatic heterocycles. The molecule has 0 bridgehead atoms. The van der Waals surface area contributed by atoms with Crippen LogP contribution in [0.5, 0.6) is 11.5 Å². The van der Waals surface area contributed by atoms with Crippen LogP contribution >= 0.6 is 0 Å². The topological polar surface area (TPSA) is 12.5 Å². The second-order valence-electron chi connectivity index (χ2n) is 17.2. The number of anilines is 3. The van der Waals surface area contributed by atoms with Gasteiger partial charge in [0.05, 0.1) is 5.41 Å². The minimum absolute atomic E-state index is 0.621. The molecule has 0 saturated carbocycles. The first kappa shape index (κ1) is 37.1. The first-order chi connectivity index (χ1) is 32.2. The molecule has 11 aromatic rings. The Morgan fingerprint density at radius 1 is 0.277 bits per heavy atom. The van der Waals surface area contributed by atoms with Gasteiger partial charge in [0.2, 0.25) is 0 Å². The van der Waals surface area contributed by atoms with Gasteiger partial charge in [-0.2, -0.15) is 0 Å². The summed E-state index contributed by atoms with van der Waals surface area (Å²) in [7, 11) is 0. The molecule has 0 fully saturated rings. The average Bonchev–Trinajstić information content (AvgIpc) is 3.67. The Kier molecular flexibility index (Phi) is 8.47. The smallest absolute Gasteiger partial charge is 0.140 e. The highest BCUT2D eigenvalue weighted by Crippen LogP contribution is 2.64. The van der Waals surface area contributed by atoms with Crippen molar-refractivity contribution in [3.8, 4) is 56.0 Å². The summed E-state index contributed by atoms with van der Waals surface area (Å²) < 4.78 is 7.22. The molecular formula is C63H41NO. The summed E-state index contributed by atoms with van der Waals surface area (Å²) in [5.74, 6) is 1.85. The zero-order valence-electron chi connectivity index (χ0n) is 35.5. The lowest BCUT2D eigenvalue weighted by molar-refractivity contribution is 0.447. The molecule has 0 atom stereocenters. The third-order valence-electron chi connectivity index (χ3n) is 13.7. The van der Waals surface area contributed by atoms with Crippen LogP contribution in [0.1, 0.15) is 22.3 Å². The largest absolute Gasteiger partial charge is 0.455 e. The fourth-order valence-corrected chi connectivity index (χ4v) is 10.7. The molecule has 11 aromatic carbocycles. The molecule has 2 heteroatoms. The van der Waals surface area contributed by atoms with E-state index in [4.69, 9.17) is 4.74 Å². The minimum Gasteiger partial charge on any atom is -0.455 e. The second-order valence-corrected chi connectivity index (χ2v) is 17.2. The highest BCUT2D eigenvalue weighted by molar-refractivity contribution is 6.00. The van der Waals surface area contributed by atoms with Crippen molar-refractivity contribution < 1.29 is 4.74 Å². The first-order valence-electron chi connectivity index (χ1n) is 22.4. The van der Waals surface area contributed by atoms with Gasteiger partial charge in [0, 0.05) is 39.0 Å². The minimum atomic E-state index is -0.621. The Morgan fingerprint density at radius 2 is 0.738 bits per heavy atom. The van der Waals surface area contributed by atoms with Gasteiger partial charge in [-0.1, -0.05) is 206 Å². The van der Waals surface area contributed by atoms with Crippen molar-refractivity contribution in [2.45, 2.75) is 5.41 Å². The third kappa shape index (κ3) is 5.81. The summed E-state index contributed by atoms with van der Waals surface area (Å²) in [6.07, 6.45) is 0. The predicted molar refractivity (Wildman–Crippen MR) is 270 cm³/mol. The number of rotatable bonds is 6. The van der Waals surface area contributed by atoms with E-state index in [9.17, 15) is 0 Å². The Labute approximate surface area is 378 Å². The molecular weight excluding hydrogens is 787 g/mol. The molecule has 0 aromatic heterocycles. The van der Waals surface area contributed by atoms with Crippen molar-refractivity contribution in [1.29, 1.82) is 0 Å². The van der Waals surface area contributed by atoms with Crippen LogP contribution < -0.4 is 9.64 Å². The summed E-state index contributed by atoms with van der Waals surface area (Å²) in [5, 5.41) is 4.56. The van der Waals surface area contributed by atoms with Crippen molar-refractivity contribution in [3.63, 3.8) is 0 Å². The molecule has 13 rings (SSSR count). The van der Waals surface area contributed by atoms with E-state index in [2.05, 4.69) is 254 Å². The van der Waals surface area contributed by atoms with Gasteiger partial charge >= 0.3 is 0 Å². The summed E-state index contributed by atoms with van der Waals surface area (Å²) in [5.41, 5.74) is 17.1. The molecule has 1 heterocycles. The van der Waals surface area contributed by atoms with Crippen molar-refractivity contribution in [3.05, 3.63) is 271 Å². The van der Waals surface area contributed by atoms with Crippen molar-refractivity contribution in [1.82, 2.24) is 0 Å². The Morgan fingerprint density at radius 3 is 1.34 bits per heavy atom. The fourth-order valence-electron chi connectivity index (χ4n) is 10.7. The van der Waals surface area contributed by atoms with Gasteiger partial charge in [-0.25, -0.2) is 0 Å². The maximum atomic E-state index is 7.22. The molecule has 0 amide bonds. The molecule has 2 nitrogen and oxygen atoms in total. The van der Waals surface area contributed by atoms with Gasteiger partial charge in [-0.3, -0.25) is 0 Å². The lowest BCUT2D eigenvalue weighted by Crippen LogP contribution is -2.32. The second kappa shape index (κ2) is 14.8. The van der Waals surface area contributed by atoms with Crippen LogP contribution in [-0.2, 0) is 5.41 Å². The summed E-state index contributed by atoms with van der Waals surface area (Å²) >= 11 is 0. The van der Waals surface area contributed by atoms with Crippen LogP contribution in [0.4, 0.5) is 17.1 Å². The molecule has 0 radical (unpaired) electrons. The predicted octanol–water partition coefficient (Wildman–Crippen LogP) is 16.9. The zero-order chi connectivity index (χ0) is 42.9. The lowest BCUT2D eigenvalue weighted by atomic mass is 9.65. The van der Waals surface area contributed by atoms with E-state index in [0.717, 1.165) is 61.2 Å². The Bertz CT molecular complexity index is 3440. The van der Waals surface area contributed by atoms with Gasteiger partial charge in [-0.15, -0.1) is 0 Å². The fraction of sp³-hybridized carbons (Fsp3) is 0.0159. The van der Waals surface area contributed by atoms with E-state index in [1.165, 1.54) is 55.6 Å². The number of nitrogens with zero attached hydrogens (tertiary/aromatic N) is 1. The first-order valence-corrected chi connectivity index (χ1v) is 22.4. The van der Waals surface area contributed by atoms with E-state index < -0.39 is 5.41 Å². The molecule has 65 heavy (non-hydrogen) atoms. The third-order valence-corrected chi connectivity index (χ3v) is 13.7. The number of hydrogen-bond donors (Lipinski definition) is 0. The van der Waals surface area contributed by atoms with Gasteiger partial charge in [0.15, 0.2) is 0 Å². The average molecular weight is 828 g/mol. The standard InChI is InChI=1S/C63H41NO/c1-3-14-42(15-4-1)44-26-33-50(34-27-44)64(51-35-28-45(29-36-51)43-16-5-2-6-17-43)52-21-13-20-48(40-52)49-30-37-56-55-24-11-12-25-57(55)63(60(56)41-49)58-38-31-46-18-7-9-22-53(46)61(58)65-62-54-23-10-8-19-47(54)32-39-59(62)63/h1-41H. The van der Waals surface area contributed by atoms with Gasteiger partial charge in [0.1, 0.15) is 11.5 Å². The van der Waals surface area contributed by atoms with Crippen molar-refractivity contribution >= 4 is 38.6 Å². The molecule has 304 valence electrons. The number of ether oxygens (including phenoxy) is 1. The van der Waals surface area contributed by atoms with Gasteiger partial charge < -0.3 is 9.64 Å². The number of benzene rings is 11. The maximum Gasteiger partial charge on any atom is 0.140 e. The molecule has 0 unspecified atom stereocenters. The number of fused-ring (bicyclic) bond motifs is 13. The number of hydrogen-bond acceptors (Lipinski definition) is 2. The van der Waals surface area contributed by atoms with Crippen LogP contribution in [0.15, 0.2) is 249 Å². The van der Waals surface area contributed by atoms with Crippen molar-refractivity contribution in [2.75, 3.05) is 4.90 Å². The van der Waals surface area contributed by atoms with E-state index in [1.807, 2.05) is 0 Å². The lowest BCUT2D eigenvalue weighted by Gasteiger charge is -2.40. The van der Waals surface area contributed by atoms with Crippen LogP contribution in [0.3, 0.4) is 0 Å². The Hall–Kier alpha value is -8.46. The molecule has 2 aliphatic rings. The van der Waals surface area contributed by atoms with Crippen LogP contribution in [0, 0.1) is 0 Å². The van der Waals surface area contributed by atoms with Gasteiger partial charge in [-0.05, 0) is 109 Å². The van der Waals surface area contributed by atoms with E-state index in [1.54, 1.807) is 0 Å². The van der Waals surface area contributed by atoms with Crippen LogP contribution in [-0.4, -0.2) is 0 Å². The van der Waals surface area contributed by atoms with E-state index >= 15 is 0 Å². The molecule has 0 saturated heterocycles. The summed E-state index contributed by atoms with van der Waals surface area (Å²) in [6.45, 7) is 0. The van der Waals surface area contributed by atoms with Crippen molar-refractivity contribution in [2.24, 2.45) is 0 Å². The highest BCUT2D eigenvalue weighted by atomic mass is 16.5. The quantitative estimate of drug-likeness (QED) is 0.166. The van der Waals surface area contributed by atoms with E-state index in [0.29, 0.717) is 0 Å². The summed E-state index contributed by atoms with van der Waals surface area (Å²) in [4.78, 5) is 2.37. The van der Waals surface area contributed by atoms with Crippen LogP contribution in [0.2, 0.25) is 0 Å². The zero-order valence-corrected chi connectivity index (χ0v) is 35.5. The molecule has 0 N–H and O–H groups in total.